The third-order valence-corrected chi connectivity index (χ3v) is 5.00. The lowest BCUT2D eigenvalue weighted by molar-refractivity contribution is 0.599. The van der Waals surface area contributed by atoms with Crippen LogP contribution in [0, 0.1) is 12.7 Å². The van der Waals surface area contributed by atoms with Crippen LogP contribution in [-0.2, 0) is 16.6 Å². The summed E-state index contributed by atoms with van der Waals surface area (Å²) in [5.74, 6) is -0.0770. The van der Waals surface area contributed by atoms with Gasteiger partial charge in [0.05, 0.1) is 18.0 Å². The molecule has 0 aliphatic heterocycles. The van der Waals surface area contributed by atoms with Crippen LogP contribution in [0.2, 0.25) is 0 Å². The average Bonchev–Trinajstić information content (AvgIpc) is 2.63. The summed E-state index contributed by atoms with van der Waals surface area (Å²) in [6.07, 6.45) is 0. The van der Waals surface area contributed by atoms with E-state index in [4.69, 9.17) is 0 Å². The lowest BCUT2D eigenvalue weighted by Gasteiger charge is -2.12. The van der Waals surface area contributed by atoms with Gasteiger partial charge in [-0.3, -0.25) is 4.72 Å². The van der Waals surface area contributed by atoms with Gasteiger partial charge >= 0.3 is 0 Å². The van der Waals surface area contributed by atoms with Crippen LogP contribution < -0.4 is 15.4 Å². The summed E-state index contributed by atoms with van der Waals surface area (Å²) in [4.78, 5) is 4.44. The molecular formula is C19H26FIN4O2S. The standard InChI is InChI=1S/C19H25FN4O2S.HI/c1-3-21-19(23-14-16-7-5-4-6-8-16)22-11-12-27(25,26)24-17-10-9-15(2)18(20)13-17;/h4-10,13,24H,3,11-12,14H2,1-2H3,(H2,21,22,23);1H. The number of aliphatic imine (C=N–C) groups is 1. The van der Waals surface area contributed by atoms with Crippen LogP contribution in [0.4, 0.5) is 10.1 Å². The van der Waals surface area contributed by atoms with E-state index in [-0.39, 0.29) is 42.0 Å². The number of halogens is 2. The Labute approximate surface area is 183 Å². The van der Waals surface area contributed by atoms with E-state index in [1.165, 1.54) is 18.2 Å². The Bertz CT molecular complexity index is 877. The van der Waals surface area contributed by atoms with Gasteiger partial charge in [-0.25, -0.2) is 17.8 Å². The van der Waals surface area contributed by atoms with Crippen LogP contribution in [0.1, 0.15) is 18.1 Å². The fraction of sp³-hybridized carbons (Fsp3) is 0.316. The zero-order chi connectivity index (χ0) is 19.7. The molecule has 0 heterocycles. The second-order valence-electron chi connectivity index (χ2n) is 5.99. The van der Waals surface area contributed by atoms with Crippen molar-refractivity contribution in [3.63, 3.8) is 0 Å². The molecule has 6 nitrogen and oxygen atoms in total. The van der Waals surface area contributed by atoms with Gasteiger partial charge in [-0.15, -0.1) is 24.0 Å². The molecule has 0 unspecified atom stereocenters. The fourth-order valence-corrected chi connectivity index (χ4v) is 3.25. The van der Waals surface area contributed by atoms with E-state index in [9.17, 15) is 12.8 Å². The first-order valence-corrected chi connectivity index (χ1v) is 10.4. The van der Waals surface area contributed by atoms with Crippen molar-refractivity contribution in [2.24, 2.45) is 4.99 Å². The van der Waals surface area contributed by atoms with E-state index >= 15 is 0 Å². The minimum atomic E-state index is -3.60. The van der Waals surface area contributed by atoms with Crippen molar-refractivity contribution in [1.29, 1.82) is 0 Å². The molecule has 9 heteroatoms. The van der Waals surface area contributed by atoms with Crippen molar-refractivity contribution in [2.45, 2.75) is 20.4 Å². The lowest BCUT2D eigenvalue weighted by atomic mass is 10.2. The van der Waals surface area contributed by atoms with E-state index in [0.717, 1.165) is 5.56 Å². The summed E-state index contributed by atoms with van der Waals surface area (Å²) in [6.45, 7) is 4.88. The molecule has 154 valence electrons. The van der Waals surface area contributed by atoms with E-state index in [1.54, 1.807) is 6.92 Å². The van der Waals surface area contributed by atoms with Gasteiger partial charge < -0.3 is 10.6 Å². The second-order valence-corrected chi connectivity index (χ2v) is 7.83. The molecule has 0 saturated heterocycles. The monoisotopic (exact) mass is 520 g/mol. The molecular weight excluding hydrogens is 494 g/mol. The largest absolute Gasteiger partial charge is 0.357 e. The second kappa shape index (κ2) is 11.8. The highest BCUT2D eigenvalue weighted by Crippen LogP contribution is 2.14. The number of benzene rings is 2. The molecule has 2 aromatic carbocycles. The topological polar surface area (TPSA) is 82.6 Å². The van der Waals surface area contributed by atoms with Gasteiger partial charge in [0.2, 0.25) is 10.0 Å². The first-order valence-electron chi connectivity index (χ1n) is 8.72. The highest BCUT2D eigenvalue weighted by molar-refractivity contribution is 14.0. The van der Waals surface area contributed by atoms with Crippen molar-refractivity contribution in [1.82, 2.24) is 10.6 Å². The maximum atomic E-state index is 13.6. The summed E-state index contributed by atoms with van der Waals surface area (Å²) in [5.41, 5.74) is 1.73. The maximum Gasteiger partial charge on any atom is 0.234 e. The predicted molar refractivity (Wildman–Crippen MR) is 123 cm³/mol. The molecule has 0 saturated carbocycles. The molecule has 2 rings (SSSR count). The summed E-state index contributed by atoms with van der Waals surface area (Å²) < 4.78 is 40.3. The molecule has 28 heavy (non-hydrogen) atoms. The summed E-state index contributed by atoms with van der Waals surface area (Å²) in [6, 6.07) is 14.0. The third kappa shape index (κ3) is 8.42. The number of aryl methyl sites for hydroxylation is 1. The minimum Gasteiger partial charge on any atom is -0.357 e. The molecule has 2 aromatic rings. The number of nitrogens with one attached hydrogen (secondary N) is 3. The number of hydrogen-bond donors (Lipinski definition) is 3. The molecule has 0 fully saturated rings. The molecule has 0 radical (unpaired) electrons. The van der Waals surface area contributed by atoms with Crippen molar-refractivity contribution in [2.75, 3.05) is 23.6 Å². The Morgan fingerprint density at radius 3 is 2.46 bits per heavy atom. The van der Waals surface area contributed by atoms with E-state index in [1.807, 2.05) is 37.3 Å². The van der Waals surface area contributed by atoms with Crippen molar-refractivity contribution < 1.29 is 12.8 Å². The maximum absolute atomic E-state index is 13.6. The summed E-state index contributed by atoms with van der Waals surface area (Å²) in [5, 5.41) is 6.08. The van der Waals surface area contributed by atoms with Crippen molar-refractivity contribution >= 4 is 45.6 Å². The van der Waals surface area contributed by atoms with Crippen LogP contribution in [0.3, 0.4) is 0 Å². The first-order chi connectivity index (χ1) is 12.9. The Morgan fingerprint density at radius 2 is 1.82 bits per heavy atom. The van der Waals surface area contributed by atoms with E-state index < -0.39 is 15.8 Å². The number of guanidine groups is 1. The van der Waals surface area contributed by atoms with Crippen molar-refractivity contribution in [3.05, 3.63) is 65.5 Å². The number of anilines is 1. The van der Waals surface area contributed by atoms with Gasteiger partial charge in [-0.2, -0.15) is 0 Å². The molecule has 0 aliphatic rings. The van der Waals surface area contributed by atoms with Gasteiger partial charge in [-0.05, 0) is 37.1 Å². The van der Waals surface area contributed by atoms with Crippen LogP contribution in [0.5, 0.6) is 0 Å². The van der Waals surface area contributed by atoms with Crippen LogP contribution in [0.15, 0.2) is 53.5 Å². The zero-order valence-corrected chi connectivity index (χ0v) is 19.1. The van der Waals surface area contributed by atoms with Crippen LogP contribution in [-0.4, -0.2) is 33.2 Å². The Morgan fingerprint density at radius 1 is 1.11 bits per heavy atom. The minimum absolute atomic E-state index is 0. The molecule has 0 aliphatic carbocycles. The molecule has 0 bridgehead atoms. The number of sulfonamides is 1. The summed E-state index contributed by atoms with van der Waals surface area (Å²) >= 11 is 0. The molecule has 3 N–H and O–H groups in total. The van der Waals surface area contributed by atoms with Gasteiger partial charge in [0, 0.05) is 13.1 Å². The Balaban J connectivity index is 0.00000392. The molecule has 0 amide bonds. The smallest absolute Gasteiger partial charge is 0.234 e. The highest BCUT2D eigenvalue weighted by atomic mass is 127. The third-order valence-electron chi connectivity index (χ3n) is 3.72. The fourth-order valence-electron chi connectivity index (χ4n) is 2.29. The van der Waals surface area contributed by atoms with Gasteiger partial charge in [0.25, 0.3) is 0 Å². The number of rotatable bonds is 8. The normalized spacial score (nSPS) is 11.5. The van der Waals surface area contributed by atoms with Gasteiger partial charge in [0.15, 0.2) is 5.96 Å². The van der Waals surface area contributed by atoms with Gasteiger partial charge in [-0.1, -0.05) is 36.4 Å². The quantitative estimate of drug-likeness (QED) is 0.284. The number of nitrogens with zero attached hydrogens (tertiary/aromatic N) is 1. The van der Waals surface area contributed by atoms with Gasteiger partial charge in [0.1, 0.15) is 5.82 Å². The SMILES string of the molecule is CCNC(=NCc1ccccc1)NCCS(=O)(=O)Nc1ccc(C)c(F)c1.I. The zero-order valence-electron chi connectivity index (χ0n) is 15.9. The van der Waals surface area contributed by atoms with E-state index in [0.29, 0.717) is 24.6 Å². The highest BCUT2D eigenvalue weighted by Gasteiger charge is 2.11. The lowest BCUT2D eigenvalue weighted by Crippen LogP contribution is -2.40. The first kappa shape index (κ1) is 24.2. The molecule has 0 atom stereocenters. The predicted octanol–water partition coefficient (Wildman–Crippen LogP) is 3.25. The number of hydrogen-bond acceptors (Lipinski definition) is 3. The van der Waals surface area contributed by atoms with Crippen molar-refractivity contribution in [3.8, 4) is 0 Å². The molecule has 0 spiro atoms. The average molecular weight is 520 g/mol. The molecule has 0 aromatic heterocycles. The Kier molecular flexibility index (Phi) is 10.2. The van der Waals surface area contributed by atoms with Crippen LogP contribution >= 0.6 is 24.0 Å². The van der Waals surface area contributed by atoms with Crippen LogP contribution in [0.25, 0.3) is 0 Å². The summed E-state index contributed by atoms with van der Waals surface area (Å²) in [7, 11) is -3.60. The Hall–Kier alpha value is -1.88. The van der Waals surface area contributed by atoms with E-state index in [2.05, 4.69) is 20.3 Å².